The quantitative estimate of drug-likeness (QED) is 0.889. The molecular weight excluding hydrogens is 240 g/mol. The Balaban J connectivity index is 1.87. The number of anilines is 1. The van der Waals surface area contributed by atoms with Gasteiger partial charge in [-0.25, -0.2) is 4.98 Å². The van der Waals surface area contributed by atoms with E-state index in [1.165, 1.54) is 0 Å². The molecule has 0 aromatic carbocycles. The van der Waals surface area contributed by atoms with Crippen molar-refractivity contribution in [1.82, 2.24) is 14.5 Å². The first-order valence-corrected chi connectivity index (χ1v) is 6.92. The fraction of sp³-hybridized carbons (Fsp3) is 0.714. The lowest BCUT2D eigenvalue weighted by Crippen LogP contribution is -2.40. The zero-order valence-corrected chi connectivity index (χ0v) is 12.1. The molecule has 2 heterocycles. The third-order valence-corrected chi connectivity index (χ3v) is 3.54. The van der Waals surface area contributed by atoms with Gasteiger partial charge in [-0.2, -0.15) is 0 Å². The standard InChI is InChI=1S/C14H24N4O/c1-14(2,3)8-13(19)17-6-4-11(5-7-17)18-9-12(15)16-10-18/h9-11H,4-8,15H2,1-3H3. The average molecular weight is 264 g/mol. The van der Waals surface area contributed by atoms with Crippen LogP contribution < -0.4 is 5.73 Å². The molecule has 1 amide bonds. The molecule has 0 radical (unpaired) electrons. The number of imidazole rings is 1. The Morgan fingerprint density at radius 2 is 2.05 bits per heavy atom. The van der Waals surface area contributed by atoms with Gasteiger partial charge in [-0.1, -0.05) is 20.8 Å². The second-order valence-corrected chi connectivity index (χ2v) is 6.60. The van der Waals surface area contributed by atoms with E-state index < -0.39 is 0 Å². The normalized spacial score (nSPS) is 17.7. The lowest BCUT2D eigenvalue weighted by Gasteiger charge is -2.34. The van der Waals surface area contributed by atoms with Crippen molar-refractivity contribution in [3.8, 4) is 0 Å². The van der Waals surface area contributed by atoms with E-state index in [-0.39, 0.29) is 11.3 Å². The van der Waals surface area contributed by atoms with Gasteiger partial charge in [0.25, 0.3) is 0 Å². The van der Waals surface area contributed by atoms with E-state index in [9.17, 15) is 4.79 Å². The van der Waals surface area contributed by atoms with Gasteiger partial charge in [0.05, 0.1) is 6.33 Å². The molecule has 1 aliphatic heterocycles. The summed E-state index contributed by atoms with van der Waals surface area (Å²) in [5.74, 6) is 0.835. The SMILES string of the molecule is CC(C)(C)CC(=O)N1CCC(n2cnc(N)c2)CC1. The fourth-order valence-electron chi connectivity index (χ4n) is 2.53. The number of hydrogen-bond donors (Lipinski definition) is 1. The van der Waals surface area contributed by atoms with Crippen LogP contribution >= 0.6 is 0 Å². The molecule has 2 N–H and O–H groups in total. The van der Waals surface area contributed by atoms with Crippen molar-refractivity contribution in [2.45, 2.75) is 46.1 Å². The molecule has 1 saturated heterocycles. The van der Waals surface area contributed by atoms with Crippen molar-refractivity contribution in [3.63, 3.8) is 0 Å². The number of carbonyl (C=O) groups excluding carboxylic acids is 1. The molecular formula is C14H24N4O. The van der Waals surface area contributed by atoms with Crippen LogP contribution in [0.5, 0.6) is 0 Å². The second kappa shape index (κ2) is 5.23. The summed E-state index contributed by atoms with van der Waals surface area (Å²) in [7, 11) is 0. The summed E-state index contributed by atoms with van der Waals surface area (Å²) in [6.45, 7) is 7.97. The van der Waals surface area contributed by atoms with Gasteiger partial charge in [-0.15, -0.1) is 0 Å². The molecule has 19 heavy (non-hydrogen) atoms. The van der Waals surface area contributed by atoms with Crippen molar-refractivity contribution in [2.75, 3.05) is 18.8 Å². The molecule has 106 valence electrons. The minimum absolute atomic E-state index is 0.0622. The van der Waals surface area contributed by atoms with E-state index in [2.05, 4.69) is 30.3 Å². The van der Waals surface area contributed by atoms with E-state index in [0.29, 0.717) is 18.3 Å². The van der Waals surface area contributed by atoms with Crippen LogP contribution in [-0.2, 0) is 4.79 Å². The molecule has 1 fully saturated rings. The van der Waals surface area contributed by atoms with Gasteiger partial charge in [0.1, 0.15) is 5.82 Å². The number of likely N-dealkylation sites (tertiary alicyclic amines) is 1. The molecule has 0 saturated carbocycles. The van der Waals surface area contributed by atoms with Crippen molar-refractivity contribution in [1.29, 1.82) is 0 Å². The predicted molar refractivity (Wildman–Crippen MR) is 75.6 cm³/mol. The topological polar surface area (TPSA) is 64.2 Å². The van der Waals surface area contributed by atoms with E-state index in [4.69, 9.17) is 5.73 Å². The van der Waals surface area contributed by atoms with Crippen molar-refractivity contribution in [3.05, 3.63) is 12.5 Å². The molecule has 0 spiro atoms. The molecule has 0 aliphatic carbocycles. The van der Waals surface area contributed by atoms with Gasteiger partial charge in [-0.3, -0.25) is 4.79 Å². The summed E-state index contributed by atoms with van der Waals surface area (Å²) in [6, 6.07) is 0.420. The van der Waals surface area contributed by atoms with Crippen LogP contribution in [0.15, 0.2) is 12.5 Å². The Morgan fingerprint density at radius 1 is 1.42 bits per heavy atom. The van der Waals surface area contributed by atoms with E-state index in [0.717, 1.165) is 25.9 Å². The Hall–Kier alpha value is -1.52. The Kier molecular flexibility index (Phi) is 3.83. The highest BCUT2D eigenvalue weighted by Crippen LogP contribution is 2.26. The maximum atomic E-state index is 12.1. The van der Waals surface area contributed by atoms with Crippen molar-refractivity contribution in [2.24, 2.45) is 5.41 Å². The second-order valence-electron chi connectivity index (χ2n) is 6.60. The number of nitrogen functional groups attached to an aromatic ring is 1. The Labute approximate surface area is 114 Å². The lowest BCUT2D eigenvalue weighted by atomic mass is 9.91. The van der Waals surface area contributed by atoms with E-state index in [1.54, 1.807) is 6.33 Å². The number of carbonyl (C=O) groups is 1. The molecule has 0 bridgehead atoms. The van der Waals surface area contributed by atoms with Gasteiger partial charge in [0.15, 0.2) is 0 Å². The van der Waals surface area contributed by atoms with Crippen LogP contribution in [0.2, 0.25) is 0 Å². The van der Waals surface area contributed by atoms with Gasteiger partial charge in [0.2, 0.25) is 5.91 Å². The molecule has 0 unspecified atom stereocenters. The van der Waals surface area contributed by atoms with Gasteiger partial charge in [-0.05, 0) is 18.3 Å². The average Bonchev–Trinajstić information content (AvgIpc) is 2.74. The number of hydrogen-bond acceptors (Lipinski definition) is 3. The number of nitrogens with zero attached hydrogens (tertiary/aromatic N) is 3. The summed E-state index contributed by atoms with van der Waals surface area (Å²) < 4.78 is 2.07. The highest BCUT2D eigenvalue weighted by molar-refractivity contribution is 5.76. The number of piperidine rings is 1. The van der Waals surface area contributed by atoms with Gasteiger partial charge >= 0.3 is 0 Å². The van der Waals surface area contributed by atoms with Gasteiger partial charge in [0, 0.05) is 31.7 Å². The zero-order chi connectivity index (χ0) is 14.0. The smallest absolute Gasteiger partial charge is 0.223 e. The lowest BCUT2D eigenvalue weighted by molar-refractivity contribution is -0.134. The summed E-state index contributed by atoms with van der Waals surface area (Å²) in [4.78, 5) is 18.2. The predicted octanol–water partition coefficient (Wildman–Crippen LogP) is 2.06. The van der Waals surface area contributed by atoms with Crippen LogP contribution in [0.3, 0.4) is 0 Å². The molecule has 0 atom stereocenters. The largest absolute Gasteiger partial charge is 0.382 e. The number of amides is 1. The van der Waals surface area contributed by atoms with Crippen molar-refractivity contribution < 1.29 is 4.79 Å². The first kappa shape index (κ1) is 13.9. The number of aromatic nitrogens is 2. The first-order valence-electron chi connectivity index (χ1n) is 6.92. The summed E-state index contributed by atoms with van der Waals surface area (Å²) in [5, 5.41) is 0. The van der Waals surface area contributed by atoms with Crippen molar-refractivity contribution >= 4 is 11.7 Å². The highest BCUT2D eigenvalue weighted by atomic mass is 16.2. The molecule has 5 heteroatoms. The highest BCUT2D eigenvalue weighted by Gasteiger charge is 2.26. The van der Waals surface area contributed by atoms with Crippen LogP contribution in [-0.4, -0.2) is 33.4 Å². The monoisotopic (exact) mass is 264 g/mol. The van der Waals surface area contributed by atoms with Crippen LogP contribution in [0.1, 0.15) is 46.1 Å². The van der Waals surface area contributed by atoms with Crippen LogP contribution in [0.4, 0.5) is 5.82 Å². The molecule has 1 aromatic heterocycles. The van der Waals surface area contributed by atoms with Crippen LogP contribution in [0, 0.1) is 5.41 Å². The third kappa shape index (κ3) is 3.72. The summed E-state index contributed by atoms with van der Waals surface area (Å²) in [6.07, 6.45) is 6.23. The Bertz CT molecular complexity index is 439. The molecule has 5 nitrogen and oxygen atoms in total. The number of rotatable bonds is 2. The van der Waals surface area contributed by atoms with Gasteiger partial charge < -0.3 is 15.2 Å². The molecule has 2 rings (SSSR count). The zero-order valence-electron chi connectivity index (χ0n) is 12.1. The maximum absolute atomic E-state index is 12.1. The fourth-order valence-corrected chi connectivity index (χ4v) is 2.53. The third-order valence-electron chi connectivity index (χ3n) is 3.54. The number of nitrogens with two attached hydrogens (primary N) is 1. The minimum atomic E-state index is 0.0622. The van der Waals surface area contributed by atoms with E-state index >= 15 is 0 Å². The summed E-state index contributed by atoms with van der Waals surface area (Å²) in [5.41, 5.74) is 5.70. The maximum Gasteiger partial charge on any atom is 0.223 e. The summed E-state index contributed by atoms with van der Waals surface area (Å²) >= 11 is 0. The van der Waals surface area contributed by atoms with Crippen LogP contribution in [0.25, 0.3) is 0 Å². The first-order chi connectivity index (χ1) is 8.85. The van der Waals surface area contributed by atoms with E-state index in [1.807, 2.05) is 11.1 Å². The minimum Gasteiger partial charge on any atom is -0.382 e. The Morgan fingerprint density at radius 3 is 2.53 bits per heavy atom. The molecule has 1 aliphatic rings. The molecule has 1 aromatic rings.